The Labute approximate surface area is 128 Å². The first kappa shape index (κ1) is 13.6. The summed E-state index contributed by atoms with van der Waals surface area (Å²) >= 11 is 6.20. The molecule has 3 rings (SSSR count). The van der Waals surface area contributed by atoms with Crippen molar-refractivity contribution < 1.29 is 0 Å². The molecule has 3 aromatic rings. The molecule has 0 fully saturated rings. The molecule has 2 heterocycles. The van der Waals surface area contributed by atoms with E-state index in [0.717, 1.165) is 27.7 Å². The Balaban J connectivity index is 1.94. The molecule has 0 aliphatic rings. The Morgan fingerprint density at radius 1 is 1.19 bits per heavy atom. The highest BCUT2D eigenvalue weighted by Crippen LogP contribution is 2.21. The smallest absolute Gasteiger partial charge is 0.0813 e. The van der Waals surface area contributed by atoms with Crippen LogP contribution in [0.15, 0.2) is 66.0 Å². The zero-order valence-electron chi connectivity index (χ0n) is 11.6. The molecule has 0 unspecified atom stereocenters. The zero-order chi connectivity index (χ0) is 14.7. The lowest BCUT2D eigenvalue weighted by Gasteiger charge is -2.08. The molecule has 0 bridgehead atoms. The number of aliphatic imine (C=N–C) groups is 1. The van der Waals surface area contributed by atoms with Crippen LogP contribution in [0.3, 0.4) is 0 Å². The largest absolute Gasteiger partial charge is 0.316 e. The van der Waals surface area contributed by atoms with Crippen LogP contribution in [0, 0.1) is 6.92 Å². The Bertz CT molecular complexity index is 776. The van der Waals surface area contributed by atoms with E-state index in [4.69, 9.17) is 11.6 Å². The van der Waals surface area contributed by atoms with E-state index in [-0.39, 0.29) is 0 Å². The second-order valence-corrected chi connectivity index (χ2v) is 5.11. The predicted molar refractivity (Wildman–Crippen MR) is 87.0 cm³/mol. The summed E-state index contributed by atoms with van der Waals surface area (Å²) in [6.07, 6.45) is 7.28. The summed E-state index contributed by atoms with van der Waals surface area (Å²) in [5, 5.41) is 0.761. The van der Waals surface area contributed by atoms with E-state index in [1.165, 1.54) is 0 Å². The number of benzene rings is 1. The second-order valence-electron chi connectivity index (χ2n) is 4.71. The van der Waals surface area contributed by atoms with Gasteiger partial charge in [-0.2, -0.15) is 0 Å². The maximum atomic E-state index is 6.20. The lowest BCUT2D eigenvalue weighted by atomic mass is 10.2. The standard InChI is InChI=1S/C17H14ClN3/c1-13-6-7-15(10-17(13)18)21-9-3-5-16(21)12-20-14-4-2-8-19-11-14/h2-12H,1H3. The maximum absolute atomic E-state index is 6.20. The Hall–Kier alpha value is -2.39. The van der Waals surface area contributed by atoms with E-state index in [2.05, 4.69) is 9.98 Å². The van der Waals surface area contributed by atoms with Crippen LogP contribution in [0.5, 0.6) is 0 Å². The third-order valence-electron chi connectivity index (χ3n) is 3.21. The third kappa shape index (κ3) is 3.03. The molecule has 0 amide bonds. The average Bonchev–Trinajstić information content (AvgIpc) is 2.97. The molecular formula is C17H14ClN3. The second kappa shape index (κ2) is 5.94. The van der Waals surface area contributed by atoms with E-state index in [0.29, 0.717) is 0 Å². The van der Waals surface area contributed by atoms with Crippen molar-refractivity contribution in [1.82, 2.24) is 9.55 Å². The van der Waals surface area contributed by atoms with Crippen LogP contribution in [0.1, 0.15) is 11.3 Å². The van der Waals surface area contributed by atoms with E-state index in [1.54, 1.807) is 12.4 Å². The highest BCUT2D eigenvalue weighted by Gasteiger charge is 2.03. The van der Waals surface area contributed by atoms with Crippen molar-refractivity contribution in [3.8, 4) is 5.69 Å². The van der Waals surface area contributed by atoms with Gasteiger partial charge >= 0.3 is 0 Å². The van der Waals surface area contributed by atoms with Crippen molar-refractivity contribution >= 4 is 23.5 Å². The fraction of sp³-hybridized carbons (Fsp3) is 0.0588. The molecule has 0 N–H and O–H groups in total. The summed E-state index contributed by atoms with van der Waals surface area (Å²) in [6.45, 7) is 1.99. The number of nitrogens with zero attached hydrogens (tertiary/aromatic N) is 3. The fourth-order valence-corrected chi connectivity index (χ4v) is 2.21. The first-order valence-corrected chi connectivity index (χ1v) is 7.00. The van der Waals surface area contributed by atoms with Crippen LogP contribution in [0.4, 0.5) is 5.69 Å². The number of hydrogen-bond donors (Lipinski definition) is 0. The molecule has 2 aromatic heterocycles. The minimum atomic E-state index is 0.761. The first-order chi connectivity index (χ1) is 10.2. The van der Waals surface area contributed by atoms with Crippen molar-refractivity contribution in [2.45, 2.75) is 6.92 Å². The van der Waals surface area contributed by atoms with Gasteiger partial charge in [-0.3, -0.25) is 9.98 Å². The van der Waals surface area contributed by atoms with Crippen molar-refractivity contribution in [1.29, 1.82) is 0 Å². The first-order valence-electron chi connectivity index (χ1n) is 6.62. The minimum Gasteiger partial charge on any atom is -0.316 e. The van der Waals surface area contributed by atoms with Gasteiger partial charge in [0.15, 0.2) is 0 Å². The molecule has 3 nitrogen and oxygen atoms in total. The van der Waals surface area contributed by atoms with Crippen LogP contribution in [-0.2, 0) is 0 Å². The third-order valence-corrected chi connectivity index (χ3v) is 3.61. The van der Waals surface area contributed by atoms with E-state index >= 15 is 0 Å². The number of rotatable bonds is 3. The summed E-state index contributed by atoms with van der Waals surface area (Å²) in [4.78, 5) is 8.48. The molecule has 0 saturated heterocycles. The topological polar surface area (TPSA) is 30.2 Å². The number of aryl methyl sites for hydroxylation is 1. The molecule has 1 aromatic carbocycles. The molecule has 0 spiro atoms. The molecule has 0 aliphatic heterocycles. The molecule has 4 heteroatoms. The Morgan fingerprint density at radius 2 is 2.10 bits per heavy atom. The van der Waals surface area contributed by atoms with Gasteiger partial charge in [-0.25, -0.2) is 0 Å². The van der Waals surface area contributed by atoms with Crippen LogP contribution in [0.25, 0.3) is 5.69 Å². The lowest BCUT2D eigenvalue weighted by molar-refractivity contribution is 1.06. The average molecular weight is 296 g/mol. The number of pyridine rings is 1. The minimum absolute atomic E-state index is 0.761. The van der Waals surface area contributed by atoms with E-state index in [9.17, 15) is 0 Å². The Kier molecular flexibility index (Phi) is 3.84. The SMILES string of the molecule is Cc1ccc(-n2cccc2C=Nc2cccnc2)cc1Cl. The van der Waals surface area contributed by atoms with Crippen molar-refractivity contribution in [2.24, 2.45) is 4.99 Å². The predicted octanol–water partition coefficient (Wildman–Crippen LogP) is 4.58. The summed E-state index contributed by atoms with van der Waals surface area (Å²) in [7, 11) is 0. The van der Waals surface area contributed by atoms with E-state index in [1.807, 2.05) is 66.4 Å². The summed E-state index contributed by atoms with van der Waals surface area (Å²) in [5.74, 6) is 0. The van der Waals surface area contributed by atoms with Crippen LogP contribution in [-0.4, -0.2) is 15.8 Å². The molecule has 0 aliphatic carbocycles. The number of aromatic nitrogens is 2. The monoisotopic (exact) mass is 295 g/mol. The lowest BCUT2D eigenvalue weighted by Crippen LogP contribution is -1.98. The van der Waals surface area contributed by atoms with Gasteiger partial charge < -0.3 is 4.57 Å². The molecule has 0 radical (unpaired) electrons. The van der Waals surface area contributed by atoms with Gasteiger partial charge in [0.05, 0.1) is 23.8 Å². The summed E-state index contributed by atoms with van der Waals surface area (Å²) in [6, 6.07) is 13.8. The highest BCUT2D eigenvalue weighted by molar-refractivity contribution is 6.31. The maximum Gasteiger partial charge on any atom is 0.0813 e. The van der Waals surface area contributed by atoms with Crippen LogP contribution in [0.2, 0.25) is 5.02 Å². The summed E-state index contributed by atoms with van der Waals surface area (Å²) < 4.78 is 2.05. The van der Waals surface area contributed by atoms with E-state index < -0.39 is 0 Å². The number of hydrogen-bond acceptors (Lipinski definition) is 2. The van der Waals surface area contributed by atoms with Crippen LogP contribution >= 0.6 is 11.6 Å². The molecule has 104 valence electrons. The van der Waals surface area contributed by atoms with Gasteiger partial charge in [-0.05, 0) is 48.9 Å². The quantitative estimate of drug-likeness (QED) is 0.650. The van der Waals surface area contributed by atoms with Crippen molar-refractivity contribution in [3.05, 3.63) is 77.3 Å². The normalized spacial score (nSPS) is 11.1. The molecular weight excluding hydrogens is 282 g/mol. The Morgan fingerprint density at radius 3 is 2.86 bits per heavy atom. The van der Waals surface area contributed by atoms with Gasteiger partial charge in [0, 0.05) is 23.1 Å². The molecule has 0 saturated carbocycles. The highest BCUT2D eigenvalue weighted by atomic mass is 35.5. The van der Waals surface area contributed by atoms with Crippen molar-refractivity contribution in [2.75, 3.05) is 0 Å². The van der Waals surface area contributed by atoms with Gasteiger partial charge in [-0.15, -0.1) is 0 Å². The fourth-order valence-electron chi connectivity index (χ4n) is 2.04. The summed E-state index contributed by atoms with van der Waals surface area (Å²) in [5.41, 5.74) is 3.90. The van der Waals surface area contributed by atoms with Gasteiger partial charge in [0.25, 0.3) is 0 Å². The zero-order valence-corrected chi connectivity index (χ0v) is 12.3. The van der Waals surface area contributed by atoms with Gasteiger partial charge in [0.1, 0.15) is 0 Å². The van der Waals surface area contributed by atoms with Gasteiger partial charge in [-0.1, -0.05) is 17.7 Å². The van der Waals surface area contributed by atoms with Gasteiger partial charge in [0.2, 0.25) is 0 Å². The van der Waals surface area contributed by atoms with Crippen LogP contribution < -0.4 is 0 Å². The van der Waals surface area contributed by atoms with Crippen molar-refractivity contribution in [3.63, 3.8) is 0 Å². The molecule has 0 atom stereocenters. The molecule has 21 heavy (non-hydrogen) atoms. The number of halogens is 1.